The van der Waals surface area contributed by atoms with Crippen molar-refractivity contribution in [3.05, 3.63) is 0 Å². The zero-order chi connectivity index (χ0) is 11.7. The molecule has 0 radical (unpaired) electrons. The number of rotatable bonds is 8. The van der Waals surface area contributed by atoms with E-state index >= 15 is 0 Å². The van der Waals surface area contributed by atoms with Crippen LogP contribution in [-0.4, -0.2) is 23.2 Å². The summed E-state index contributed by atoms with van der Waals surface area (Å²) in [5, 5.41) is 11.9. The number of aliphatic hydroxyl groups is 1. The third kappa shape index (κ3) is 6.50. The SMILES string of the molecule is CCCCCC(=O)NC(C)(CC)CCO. The van der Waals surface area contributed by atoms with E-state index in [1.807, 2.05) is 13.8 Å². The van der Waals surface area contributed by atoms with Crippen LogP contribution >= 0.6 is 0 Å². The van der Waals surface area contributed by atoms with Gasteiger partial charge in [-0.2, -0.15) is 0 Å². The Labute approximate surface area is 93.3 Å². The predicted molar refractivity (Wildman–Crippen MR) is 62.7 cm³/mol. The summed E-state index contributed by atoms with van der Waals surface area (Å²) < 4.78 is 0. The lowest BCUT2D eigenvalue weighted by Crippen LogP contribution is -2.46. The maximum Gasteiger partial charge on any atom is 0.220 e. The highest BCUT2D eigenvalue weighted by Crippen LogP contribution is 2.14. The summed E-state index contributed by atoms with van der Waals surface area (Å²) in [5.74, 6) is 0.112. The molecule has 0 bridgehead atoms. The molecule has 0 saturated heterocycles. The van der Waals surface area contributed by atoms with Crippen molar-refractivity contribution in [1.29, 1.82) is 0 Å². The summed E-state index contributed by atoms with van der Waals surface area (Å²) in [6.45, 7) is 6.27. The van der Waals surface area contributed by atoms with E-state index in [4.69, 9.17) is 5.11 Å². The molecule has 1 atom stereocenters. The molecule has 0 aromatic rings. The van der Waals surface area contributed by atoms with E-state index in [0.29, 0.717) is 12.8 Å². The van der Waals surface area contributed by atoms with Gasteiger partial charge in [0.05, 0.1) is 0 Å². The molecule has 0 aliphatic heterocycles. The van der Waals surface area contributed by atoms with E-state index in [9.17, 15) is 4.79 Å². The predicted octanol–water partition coefficient (Wildman–Crippen LogP) is 2.23. The lowest BCUT2D eigenvalue weighted by Gasteiger charge is -2.29. The molecule has 90 valence electrons. The van der Waals surface area contributed by atoms with E-state index in [2.05, 4.69) is 12.2 Å². The summed E-state index contributed by atoms with van der Waals surface area (Å²) in [6, 6.07) is 0. The second-order valence-electron chi connectivity index (χ2n) is 4.39. The average molecular weight is 215 g/mol. The number of unbranched alkanes of at least 4 members (excludes halogenated alkanes) is 2. The molecular weight excluding hydrogens is 190 g/mol. The first kappa shape index (κ1) is 14.4. The van der Waals surface area contributed by atoms with Gasteiger partial charge in [-0.3, -0.25) is 4.79 Å². The van der Waals surface area contributed by atoms with Crippen LogP contribution in [0.4, 0.5) is 0 Å². The Kier molecular flexibility index (Phi) is 7.39. The van der Waals surface area contributed by atoms with Crippen molar-refractivity contribution in [3.63, 3.8) is 0 Å². The quantitative estimate of drug-likeness (QED) is 0.610. The van der Waals surface area contributed by atoms with Crippen LogP contribution < -0.4 is 5.32 Å². The molecule has 0 aromatic heterocycles. The van der Waals surface area contributed by atoms with Crippen molar-refractivity contribution in [2.75, 3.05) is 6.61 Å². The van der Waals surface area contributed by atoms with Crippen molar-refractivity contribution < 1.29 is 9.90 Å². The molecule has 15 heavy (non-hydrogen) atoms. The molecule has 2 N–H and O–H groups in total. The molecule has 3 nitrogen and oxygen atoms in total. The fourth-order valence-corrected chi connectivity index (χ4v) is 1.51. The Morgan fingerprint density at radius 1 is 1.33 bits per heavy atom. The van der Waals surface area contributed by atoms with Gasteiger partial charge in [-0.1, -0.05) is 26.7 Å². The van der Waals surface area contributed by atoms with Crippen LogP contribution in [0.15, 0.2) is 0 Å². The molecule has 0 aliphatic carbocycles. The number of hydrogen-bond donors (Lipinski definition) is 2. The van der Waals surface area contributed by atoms with Crippen LogP contribution in [0.2, 0.25) is 0 Å². The molecule has 1 amide bonds. The van der Waals surface area contributed by atoms with Crippen LogP contribution in [0.1, 0.15) is 59.3 Å². The molecular formula is C12H25NO2. The normalized spacial score (nSPS) is 14.7. The minimum atomic E-state index is -0.238. The first-order chi connectivity index (χ1) is 7.08. The Bertz CT molecular complexity index is 182. The average Bonchev–Trinajstić information content (AvgIpc) is 2.18. The second-order valence-corrected chi connectivity index (χ2v) is 4.39. The lowest BCUT2D eigenvalue weighted by atomic mass is 9.94. The van der Waals surface area contributed by atoms with Gasteiger partial charge < -0.3 is 10.4 Å². The van der Waals surface area contributed by atoms with Crippen LogP contribution in [-0.2, 0) is 4.79 Å². The number of aliphatic hydroxyl groups excluding tert-OH is 1. The molecule has 0 aliphatic rings. The van der Waals surface area contributed by atoms with Gasteiger partial charge in [-0.25, -0.2) is 0 Å². The number of hydrogen-bond acceptors (Lipinski definition) is 2. The lowest BCUT2D eigenvalue weighted by molar-refractivity contribution is -0.123. The summed E-state index contributed by atoms with van der Waals surface area (Å²) in [4.78, 5) is 11.6. The summed E-state index contributed by atoms with van der Waals surface area (Å²) in [7, 11) is 0. The Balaban J connectivity index is 3.90. The zero-order valence-electron chi connectivity index (χ0n) is 10.3. The van der Waals surface area contributed by atoms with Gasteiger partial charge in [0, 0.05) is 18.6 Å². The minimum Gasteiger partial charge on any atom is -0.396 e. The van der Waals surface area contributed by atoms with Gasteiger partial charge in [-0.15, -0.1) is 0 Å². The van der Waals surface area contributed by atoms with Crippen molar-refractivity contribution in [1.82, 2.24) is 5.32 Å². The smallest absolute Gasteiger partial charge is 0.220 e. The Morgan fingerprint density at radius 2 is 2.00 bits per heavy atom. The Hall–Kier alpha value is -0.570. The highest BCUT2D eigenvalue weighted by molar-refractivity contribution is 5.76. The summed E-state index contributed by atoms with van der Waals surface area (Å²) in [5.41, 5.74) is -0.238. The van der Waals surface area contributed by atoms with Gasteiger partial charge >= 0.3 is 0 Å². The fraction of sp³-hybridized carbons (Fsp3) is 0.917. The van der Waals surface area contributed by atoms with Gasteiger partial charge in [0.15, 0.2) is 0 Å². The highest BCUT2D eigenvalue weighted by atomic mass is 16.3. The van der Waals surface area contributed by atoms with Crippen molar-refractivity contribution >= 4 is 5.91 Å². The van der Waals surface area contributed by atoms with Crippen LogP contribution in [0, 0.1) is 0 Å². The van der Waals surface area contributed by atoms with Gasteiger partial charge in [0.1, 0.15) is 0 Å². The molecule has 0 fully saturated rings. The first-order valence-corrected chi connectivity index (χ1v) is 6.00. The van der Waals surface area contributed by atoms with Crippen LogP contribution in [0.25, 0.3) is 0 Å². The van der Waals surface area contributed by atoms with E-state index in [-0.39, 0.29) is 18.1 Å². The third-order valence-electron chi connectivity index (χ3n) is 2.89. The second kappa shape index (κ2) is 7.69. The van der Waals surface area contributed by atoms with E-state index < -0.39 is 0 Å². The number of nitrogens with one attached hydrogen (secondary N) is 1. The van der Waals surface area contributed by atoms with Gasteiger partial charge in [0.2, 0.25) is 5.91 Å². The van der Waals surface area contributed by atoms with Crippen molar-refractivity contribution in [2.45, 2.75) is 64.8 Å². The molecule has 0 rings (SSSR count). The molecule has 0 saturated carbocycles. The number of amides is 1. The molecule has 0 spiro atoms. The largest absolute Gasteiger partial charge is 0.396 e. The third-order valence-corrected chi connectivity index (χ3v) is 2.89. The zero-order valence-corrected chi connectivity index (χ0v) is 10.3. The highest BCUT2D eigenvalue weighted by Gasteiger charge is 2.22. The molecule has 1 unspecified atom stereocenters. The Morgan fingerprint density at radius 3 is 2.47 bits per heavy atom. The summed E-state index contributed by atoms with van der Waals surface area (Å²) >= 11 is 0. The topological polar surface area (TPSA) is 49.3 Å². The van der Waals surface area contributed by atoms with Crippen LogP contribution in [0.3, 0.4) is 0 Å². The van der Waals surface area contributed by atoms with E-state index in [1.165, 1.54) is 0 Å². The van der Waals surface area contributed by atoms with Gasteiger partial charge in [0.25, 0.3) is 0 Å². The van der Waals surface area contributed by atoms with Gasteiger partial charge in [-0.05, 0) is 26.2 Å². The van der Waals surface area contributed by atoms with Crippen molar-refractivity contribution in [3.8, 4) is 0 Å². The van der Waals surface area contributed by atoms with E-state index in [0.717, 1.165) is 25.7 Å². The molecule has 0 heterocycles. The maximum absolute atomic E-state index is 11.6. The number of carbonyl (C=O) groups excluding carboxylic acids is 1. The monoisotopic (exact) mass is 215 g/mol. The van der Waals surface area contributed by atoms with E-state index in [1.54, 1.807) is 0 Å². The molecule has 3 heteroatoms. The fourth-order valence-electron chi connectivity index (χ4n) is 1.51. The maximum atomic E-state index is 11.6. The van der Waals surface area contributed by atoms with Crippen LogP contribution in [0.5, 0.6) is 0 Å². The standard InChI is InChI=1S/C12H25NO2/c1-4-6-7-8-11(15)13-12(3,5-2)9-10-14/h14H,4-10H2,1-3H3,(H,13,15). The summed E-state index contributed by atoms with van der Waals surface area (Å²) in [6.07, 6.45) is 5.29. The molecule has 0 aromatic carbocycles. The van der Waals surface area contributed by atoms with Crippen molar-refractivity contribution in [2.24, 2.45) is 0 Å². The first-order valence-electron chi connectivity index (χ1n) is 6.00. The minimum absolute atomic E-state index is 0.112. The number of carbonyl (C=O) groups is 1.